The van der Waals surface area contributed by atoms with Crippen LogP contribution in [0.1, 0.15) is 125 Å². The SMILES string of the molecule is CCCCCC(C)[C@H]1CCC2C3CCC4C[C@@H](OCC(=O)CC)CC[C@]4(C)C3CC[C@@]21C. The van der Waals surface area contributed by atoms with Crippen molar-refractivity contribution in [3.63, 3.8) is 0 Å². The number of ketones is 1. The van der Waals surface area contributed by atoms with E-state index in [1.54, 1.807) is 0 Å². The second-order valence-corrected chi connectivity index (χ2v) is 13.0. The molecule has 0 aromatic rings. The lowest BCUT2D eigenvalue weighted by Gasteiger charge is -2.61. The zero-order valence-electron chi connectivity index (χ0n) is 22.0. The van der Waals surface area contributed by atoms with E-state index >= 15 is 0 Å². The lowest BCUT2D eigenvalue weighted by Crippen LogP contribution is -2.54. The highest BCUT2D eigenvalue weighted by Gasteiger charge is 2.60. The van der Waals surface area contributed by atoms with Crippen molar-refractivity contribution in [1.82, 2.24) is 0 Å². The van der Waals surface area contributed by atoms with E-state index < -0.39 is 0 Å². The van der Waals surface area contributed by atoms with Crippen LogP contribution in [0.3, 0.4) is 0 Å². The number of rotatable bonds is 9. The number of hydrogen-bond acceptors (Lipinski definition) is 2. The summed E-state index contributed by atoms with van der Waals surface area (Å²) in [4.78, 5) is 11.7. The summed E-state index contributed by atoms with van der Waals surface area (Å²) < 4.78 is 6.08. The molecule has 4 aliphatic rings. The van der Waals surface area contributed by atoms with Crippen molar-refractivity contribution in [1.29, 1.82) is 0 Å². The number of unbranched alkanes of at least 4 members (excludes halogenated alkanes) is 2. The Kier molecular flexibility index (Phi) is 7.80. The minimum atomic E-state index is 0.258. The minimum absolute atomic E-state index is 0.258. The molecule has 2 heteroatoms. The van der Waals surface area contributed by atoms with E-state index in [2.05, 4.69) is 27.7 Å². The Hall–Kier alpha value is -0.370. The maximum absolute atomic E-state index is 11.7. The second kappa shape index (κ2) is 10.1. The van der Waals surface area contributed by atoms with Gasteiger partial charge in [0, 0.05) is 6.42 Å². The average molecular weight is 445 g/mol. The van der Waals surface area contributed by atoms with E-state index in [1.165, 1.54) is 83.5 Å². The van der Waals surface area contributed by atoms with Crippen molar-refractivity contribution >= 4 is 5.78 Å². The van der Waals surface area contributed by atoms with E-state index in [-0.39, 0.29) is 5.78 Å². The van der Waals surface area contributed by atoms with E-state index in [1.807, 2.05) is 6.92 Å². The predicted octanol–water partition coefficient (Wildman–Crippen LogP) is 8.23. The molecule has 0 radical (unpaired) electrons. The molecule has 4 fully saturated rings. The van der Waals surface area contributed by atoms with Crippen molar-refractivity contribution in [3.8, 4) is 0 Å². The van der Waals surface area contributed by atoms with Crippen LogP contribution in [-0.2, 0) is 9.53 Å². The number of hydrogen-bond donors (Lipinski definition) is 0. The molecule has 0 aliphatic heterocycles. The Morgan fingerprint density at radius 1 is 0.938 bits per heavy atom. The fourth-order valence-corrected chi connectivity index (χ4v) is 9.58. The monoisotopic (exact) mass is 444 g/mol. The predicted molar refractivity (Wildman–Crippen MR) is 134 cm³/mol. The number of Topliss-reactive ketones (excluding diaryl/α,β-unsaturated/α-hetero) is 1. The first kappa shape index (κ1) is 24.7. The smallest absolute Gasteiger partial charge is 0.158 e. The molecule has 4 aliphatic carbocycles. The number of carbonyl (C=O) groups excluding carboxylic acids is 1. The van der Waals surface area contributed by atoms with Gasteiger partial charge in [0.05, 0.1) is 6.10 Å². The Balaban J connectivity index is 1.40. The van der Waals surface area contributed by atoms with Crippen LogP contribution in [0.15, 0.2) is 0 Å². The molecule has 0 amide bonds. The summed E-state index contributed by atoms with van der Waals surface area (Å²) in [6, 6.07) is 0. The summed E-state index contributed by atoms with van der Waals surface area (Å²) in [5, 5.41) is 0. The first-order valence-corrected chi connectivity index (χ1v) is 14.5. The Bertz CT molecular complexity index is 643. The largest absolute Gasteiger partial charge is 0.370 e. The molecule has 0 heterocycles. The number of fused-ring (bicyclic) bond motifs is 5. The molecule has 0 spiro atoms. The molecule has 5 unspecified atom stereocenters. The van der Waals surface area contributed by atoms with Crippen LogP contribution in [0.5, 0.6) is 0 Å². The van der Waals surface area contributed by atoms with E-state index in [9.17, 15) is 4.79 Å². The standard InChI is InChI=1S/C30H52O2/c1-6-8-9-10-21(3)26-13-14-27-25-12-11-22-19-24(32-20-23(31)7-2)15-17-29(22,4)28(25)16-18-30(26,27)5/h21-22,24-28H,6-20H2,1-5H3/t21?,22?,24-,25?,26+,27?,28?,29-,30+/m0/s1. The van der Waals surface area contributed by atoms with Gasteiger partial charge in [-0.2, -0.15) is 0 Å². The highest BCUT2D eigenvalue weighted by molar-refractivity contribution is 5.79. The topological polar surface area (TPSA) is 26.3 Å². The van der Waals surface area contributed by atoms with Gasteiger partial charge in [-0.05, 0) is 104 Å². The zero-order chi connectivity index (χ0) is 22.9. The molecular weight excluding hydrogens is 392 g/mol. The molecule has 0 aromatic heterocycles. The molecule has 32 heavy (non-hydrogen) atoms. The summed E-state index contributed by atoms with van der Waals surface area (Å²) in [7, 11) is 0. The molecule has 0 aromatic carbocycles. The van der Waals surface area contributed by atoms with Gasteiger partial charge in [-0.1, -0.05) is 60.3 Å². The van der Waals surface area contributed by atoms with Gasteiger partial charge in [0.25, 0.3) is 0 Å². The first-order valence-electron chi connectivity index (χ1n) is 14.5. The summed E-state index contributed by atoms with van der Waals surface area (Å²) in [5.41, 5.74) is 1.13. The van der Waals surface area contributed by atoms with Crippen molar-refractivity contribution in [3.05, 3.63) is 0 Å². The number of ether oxygens (including phenoxy) is 1. The molecule has 4 rings (SSSR count). The van der Waals surface area contributed by atoms with Crippen molar-refractivity contribution < 1.29 is 9.53 Å². The van der Waals surface area contributed by atoms with Gasteiger partial charge in [0.2, 0.25) is 0 Å². The normalized spacial score (nSPS) is 44.4. The highest BCUT2D eigenvalue weighted by atomic mass is 16.5. The summed E-state index contributed by atoms with van der Waals surface area (Å²) >= 11 is 0. The number of carbonyl (C=O) groups is 1. The van der Waals surface area contributed by atoms with E-state index in [0.29, 0.717) is 30.0 Å². The zero-order valence-corrected chi connectivity index (χ0v) is 22.0. The van der Waals surface area contributed by atoms with E-state index in [0.717, 1.165) is 35.5 Å². The summed E-state index contributed by atoms with van der Waals surface area (Å²) in [6.45, 7) is 12.6. The quantitative estimate of drug-likeness (QED) is 0.335. The van der Waals surface area contributed by atoms with Crippen LogP contribution in [-0.4, -0.2) is 18.5 Å². The fraction of sp³-hybridized carbons (Fsp3) is 0.967. The maximum atomic E-state index is 11.7. The molecule has 0 N–H and O–H groups in total. The first-order chi connectivity index (χ1) is 15.3. The van der Waals surface area contributed by atoms with E-state index in [4.69, 9.17) is 4.74 Å². The summed E-state index contributed by atoms with van der Waals surface area (Å²) in [5.74, 6) is 5.85. The Morgan fingerprint density at radius 3 is 2.44 bits per heavy atom. The van der Waals surface area contributed by atoms with Crippen LogP contribution >= 0.6 is 0 Å². The molecule has 0 saturated heterocycles. The summed E-state index contributed by atoms with van der Waals surface area (Å²) in [6.07, 6.45) is 19.1. The fourth-order valence-electron chi connectivity index (χ4n) is 9.58. The lowest BCUT2D eigenvalue weighted by atomic mass is 9.44. The van der Waals surface area contributed by atoms with Crippen LogP contribution in [0.2, 0.25) is 0 Å². The molecule has 0 bridgehead atoms. The lowest BCUT2D eigenvalue weighted by molar-refractivity contribution is -0.143. The second-order valence-electron chi connectivity index (χ2n) is 13.0. The van der Waals surface area contributed by atoms with Gasteiger partial charge in [0.15, 0.2) is 5.78 Å². The third kappa shape index (κ3) is 4.48. The van der Waals surface area contributed by atoms with Crippen molar-refractivity contribution in [2.75, 3.05) is 6.61 Å². The third-order valence-electron chi connectivity index (χ3n) is 11.5. The van der Waals surface area contributed by atoms with Gasteiger partial charge in [-0.15, -0.1) is 0 Å². The Labute approximate surface area is 199 Å². The van der Waals surface area contributed by atoms with Gasteiger partial charge >= 0.3 is 0 Å². The molecule has 2 nitrogen and oxygen atoms in total. The van der Waals surface area contributed by atoms with Gasteiger partial charge < -0.3 is 4.74 Å². The molecule has 184 valence electrons. The van der Waals surface area contributed by atoms with Gasteiger partial charge in [0.1, 0.15) is 6.61 Å². The third-order valence-corrected chi connectivity index (χ3v) is 11.5. The van der Waals surface area contributed by atoms with Crippen molar-refractivity contribution in [2.24, 2.45) is 46.3 Å². The molecule has 4 saturated carbocycles. The average Bonchev–Trinajstić information content (AvgIpc) is 3.14. The van der Waals surface area contributed by atoms with Crippen LogP contribution < -0.4 is 0 Å². The maximum Gasteiger partial charge on any atom is 0.158 e. The molecular formula is C30H52O2. The molecule has 9 atom stereocenters. The van der Waals surface area contributed by atoms with Gasteiger partial charge in [-0.25, -0.2) is 0 Å². The highest BCUT2D eigenvalue weighted by Crippen LogP contribution is 2.68. The minimum Gasteiger partial charge on any atom is -0.370 e. The van der Waals surface area contributed by atoms with Crippen LogP contribution in [0.4, 0.5) is 0 Å². The Morgan fingerprint density at radius 2 is 1.69 bits per heavy atom. The van der Waals surface area contributed by atoms with Gasteiger partial charge in [-0.3, -0.25) is 4.79 Å². The van der Waals surface area contributed by atoms with Crippen LogP contribution in [0.25, 0.3) is 0 Å². The van der Waals surface area contributed by atoms with Crippen molar-refractivity contribution in [2.45, 2.75) is 131 Å². The van der Waals surface area contributed by atoms with Crippen LogP contribution in [0, 0.1) is 46.3 Å².